The van der Waals surface area contributed by atoms with Crippen LogP contribution in [0.1, 0.15) is 46.5 Å². The molecule has 23 heavy (non-hydrogen) atoms. The number of ether oxygens (including phenoxy) is 2. The largest absolute Gasteiger partial charge is 0.477 e. The number of aromatic nitrogens is 2. The summed E-state index contributed by atoms with van der Waals surface area (Å²) in [6.45, 7) is 5.34. The average Bonchev–Trinajstić information content (AvgIpc) is 3.04. The molecule has 0 saturated heterocycles. The van der Waals surface area contributed by atoms with Gasteiger partial charge in [0.05, 0.1) is 12.0 Å². The highest BCUT2D eigenvalue weighted by atomic mass is 19.4. The maximum Gasteiger partial charge on any atom is 0.435 e. The van der Waals surface area contributed by atoms with Gasteiger partial charge in [-0.05, 0) is 46.5 Å². The number of alkyl halides is 3. The van der Waals surface area contributed by atoms with Gasteiger partial charge in [-0.2, -0.15) is 17.9 Å². The van der Waals surface area contributed by atoms with E-state index in [4.69, 9.17) is 9.47 Å². The molecule has 5 nitrogen and oxygen atoms in total. The van der Waals surface area contributed by atoms with Crippen LogP contribution in [0.3, 0.4) is 0 Å². The zero-order valence-corrected chi connectivity index (χ0v) is 13.4. The topological polar surface area (TPSA) is 53.4 Å². The molecule has 1 aromatic rings. The maximum atomic E-state index is 12.8. The fraction of sp³-hybridized carbons (Fsp3) is 0.733. The van der Waals surface area contributed by atoms with Crippen molar-refractivity contribution in [1.82, 2.24) is 9.78 Å². The number of hydrogen-bond donors (Lipinski definition) is 0. The van der Waals surface area contributed by atoms with Crippen molar-refractivity contribution in [3.63, 3.8) is 0 Å². The molecule has 0 unspecified atom stereocenters. The second kappa shape index (κ2) is 6.05. The van der Waals surface area contributed by atoms with E-state index in [0.717, 1.165) is 4.68 Å². The summed E-state index contributed by atoms with van der Waals surface area (Å²) >= 11 is 0. The van der Waals surface area contributed by atoms with Gasteiger partial charge in [0.15, 0.2) is 0 Å². The van der Waals surface area contributed by atoms with Crippen molar-refractivity contribution in [3.05, 3.63) is 12.3 Å². The van der Waals surface area contributed by atoms with E-state index >= 15 is 0 Å². The summed E-state index contributed by atoms with van der Waals surface area (Å²) in [6, 6.07) is 1.47. The number of carbonyl (C=O) groups is 1. The summed E-state index contributed by atoms with van der Waals surface area (Å²) in [5.41, 5.74) is -2.15. The van der Waals surface area contributed by atoms with Gasteiger partial charge >= 0.3 is 12.3 Å². The smallest absolute Gasteiger partial charge is 0.435 e. The van der Waals surface area contributed by atoms with E-state index < -0.39 is 23.3 Å². The maximum absolute atomic E-state index is 12.8. The number of halogens is 3. The molecule has 1 fully saturated rings. The molecule has 2 rings (SSSR count). The van der Waals surface area contributed by atoms with Crippen molar-refractivity contribution in [1.29, 1.82) is 0 Å². The lowest BCUT2D eigenvalue weighted by Gasteiger charge is -2.19. The highest BCUT2D eigenvalue weighted by Crippen LogP contribution is 2.60. The fourth-order valence-electron chi connectivity index (χ4n) is 2.21. The minimum Gasteiger partial charge on any atom is -0.477 e. The number of carbonyl (C=O) groups excluding carboxylic acids is 1. The zero-order chi connectivity index (χ0) is 17.3. The Bertz CT molecular complexity index is 557. The molecule has 0 aromatic carbocycles. The van der Waals surface area contributed by atoms with Crippen LogP contribution in [-0.4, -0.2) is 34.3 Å². The van der Waals surface area contributed by atoms with Gasteiger partial charge in [-0.1, -0.05) is 0 Å². The first kappa shape index (κ1) is 17.6. The van der Waals surface area contributed by atoms with E-state index in [0.29, 0.717) is 6.42 Å². The molecule has 130 valence electrons. The van der Waals surface area contributed by atoms with E-state index in [9.17, 15) is 18.0 Å². The van der Waals surface area contributed by atoms with Crippen LogP contribution < -0.4 is 4.74 Å². The van der Waals surface area contributed by atoms with E-state index in [1.54, 1.807) is 20.8 Å². The number of rotatable bonds is 5. The van der Waals surface area contributed by atoms with Crippen LogP contribution in [0.5, 0.6) is 5.88 Å². The Morgan fingerprint density at radius 1 is 1.35 bits per heavy atom. The molecule has 1 aliphatic carbocycles. The molecular formula is C15H21F3N2O3. The van der Waals surface area contributed by atoms with E-state index in [-0.39, 0.29) is 31.7 Å². The molecule has 0 atom stereocenters. The normalized spacial score (nSPS) is 17.0. The number of hydrogen-bond acceptors (Lipinski definition) is 4. The first-order valence-electron chi connectivity index (χ1n) is 7.51. The Hall–Kier alpha value is -1.73. The monoisotopic (exact) mass is 334 g/mol. The quantitative estimate of drug-likeness (QED) is 0.759. The van der Waals surface area contributed by atoms with Crippen molar-refractivity contribution >= 4 is 6.09 Å². The molecule has 1 aromatic heterocycles. The SMILES string of the molecule is CC(C)(C)OC(=O)n1ccc(OCCCC2(C(F)(F)F)CC2)n1. The van der Waals surface area contributed by atoms with Gasteiger partial charge < -0.3 is 9.47 Å². The molecule has 1 heterocycles. The Labute approximate surface area is 132 Å². The van der Waals surface area contributed by atoms with Crippen LogP contribution in [0.25, 0.3) is 0 Å². The van der Waals surface area contributed by atoms with Crippen LogP contribution in [0, 0.1) is 5.41 Å². The number of nitrogens with zero attached hydrogens (tertiary/aromatic N) is 2. The summed E-state index contributed by atoms with van der Waals surface area (Å²) in [7, 11) is 0. The Kier molecular flexibility index (Phi) is 4.64. The standard InChI is InChI=1S/C15H21F3N2O3/c1-13(2,3)23-12(21)20-9-5-11(19-20)22-10-4-6-14(7-8-14)15(16,17)18/h5,9H,4,6-8,10H2,1-3H3. The molecule has 0 aliphatic heterocycles. The third-order valence-corrected chi connectivity index (χ3v) is 3.65. The predicted molar refractivity (Wildman–Crippen MR) is 76.3 cm³/mol. The highest BCUT2D eigenvalue weighted by Gasteiger charge is 2.62. The fourth-order valence-corrected chi connectivity index (χ4v) is 2.21. The highest BCUT2D eigenvalue weighted by molar-refractivity contribution is 5.69. The summed E-state index contributed by atoms with van der Waals surface area (Å²) < 4.78 is 49.7. The van der Waals surface area contributed by atoms with Crippen molar-refractivity contribution in [2.45, 2.75) is 58.2 Å². The van der Waals surface area contributed by atoms with Crippen LogP contribution in [-0.2, 0) is 4.74 Å². The second-order valence-corrected chi connectivity index (χ2v) is 6.81. The Balaban J connectivity index is 1.76. The van der Waals surface area contributed by atoms with Crippen molar-refractivity contribution in [2.75, 3.05) is 6.61 Å². The van der Waals surface area contributed by atoms with E-state index in [1.165, 1.54) is 12.3 Å². The van der Waals surface area contributed by atoms with Crippen LogP contribution in [0.15, 0.2) is 12.3 Å². The van der Waals surface area contributed by atoms with Gasteiger partial charge in [0.1, 0.15) is 5.60 Å². The van der Waals surface area contributed by atoms with Gasteiger partial charge in [-0.3, -0.25) is 0 Å². The predicted octanol–water partition coefficient (Wildman–Crippen LogP) is 4.17. The molecule has 0 spiro atoms. The van der Waals surface area contributed by atoms with Crippen molar-refractivity contribution in [3.8, 4) is 5.88 Å². The zero-order valence-electron chi connectivity index (χ0n) is 13.4. The Morgan fingerprint density at radius 3 is 2.52 bits per heavy atom. The van der Waals surface area contributed by atoms with Crippen LogP contribution in [0.4, 0.5) is 18.0 Å². The first-order chi connectivity index (χ1) is 10.5. The molecule has 1 saturated carbocycles. The van der Waals surface area contributed by atoms with Gasteiger partial charge in [0.25, 0.3) is 0 Å². The average molecular weight is 334 g/mol. The molecule has 0 N–H and O–H groups in total. The lowest BCUT2D eigenvalue weighted by molar-refractivity contribution is -0.189. The Morgan fingerprint density at radius 2 is 2.00 bits per heavy atom. The molecular weight excluding hydrogens is 313 g/mol. The molecule has 0 radical (unpaired) electrons. The first-order valence-corrected chi connectivity index (χ1v) is 7.51. The minimum absolute atomic E-state index is 0.0588. The summed E-state index contributed by atoms with van der Waals surface area (Å²) in [6.07, 6.45) is -2.64. The second-order valence-electron chi connectivity index (χ2n) is 6.81. The molecule has 8 heteroatoms. The summed E-state index contributed by atoms with van der Waals surface area (Å²) in [5, 5.41) is 3.89. The third kappa shape index (κ3) is 4.62. The lowest BCUT2D eigenvalue weighted by Crippen LogP contribution is -2.27. The summed E-state index contributed by atoms with van der Waals surface area (Å²) in [4.78, 5) is 11.8. The summed E-state index contributed by atoms with van der Waals surface area (Å²) in [5.74, 6) is 0.188. The third-order valence-electron chi connectivity index (χ3n) is 3.65. The van der Waals surface area contributed by atoms with Crippen molar-refractivity contribution in [2.24, 2.45) is 5.41 Å². The van der Waals surface area contributed by atoms with Crippen molar-refractivity contribution < 1.29 is 27.4 Å². The molecule has 0 amide bonds. The minimum atomic E-state index is -4.13. The van der Waals surface area contributed by atoms with Crippen LogP contribution >= 0.6 is 0 Å². The van der Waals surface area contributed by atoms with Crippen LogP contribution in [0.2, 0.25) is 0 Å². The lowest BCUT2D eigenvalue weighted by atomic mass is 10.0. The van der Waals surface area contributed by atoms with Gasteiger partial charge in [0.2, 0.25) is 5.88 Å². The molecule has 1 aliphatic rings. The van der Waals surface area contributed by atoms with E-state index in [2.05, 4.69) is 5.10 Å². The van der Waals surface area contributed by atoms with Gasteiger partial charge in [0, 0.05) is 12.3 Å². The van der Waals surface area contributed by atoms with Gasteiger partial charge in [-0.25, -0.2) is 4.79 Å². The van der Waals surface area contributed by atoms with Gasteiger partial charge in [-0.15, -0.1) is 5.10 Å². The van der Waals surface area contributed by atoms with E-state index in [1.807, 2.05) is 0 Å². The molecule has 0 bridgehead atoms.